The van der Waals surface area contributed by atoms with Crippen LogP contribution in [-0.2, 0) is 11.3 Å². The van der Waals surface area contributed by atoms with Gasteiger partial charge < -0.3 is 9.88 Å². The summed E-state index contributed by atoms with van der Waals surface area (Å²) in [4.78, 5) is 11.7. The molecule has 1 heterocycles. The topological polar surface area (TPSA) is 34.0 Å². The van der Waals surface area contributed by atoms with Gasteiger partial charge in [-0.1, -0.05) is 22.0 Å². The van der Waals surface area contributed by atoms with Crippen LogP contribution in [0.1, 0.15) is 19.3 Å². The number of fused-ring (bicyclic) bond motifs is 1. The minimum Gasteiger partial charge on any atom is -0.353 e. The molecule has 1 amide bonds. The second-order valence-electron chi connectivity index (χ2n) is 4.80. The second-order valence-corrected chi connectivity index (χ2v) is 5.72. The number of rotatable bonds is 4. The number of carbonyl (C=O) groups is 1. The number of aryl methyl sites for hydroxylation is 1. The third-order valence-corrected chi connectivity index (χ3v) is 3.75. The molecule has 1 N–H and O–H groups in total. The summed E-state index contributed by atoms with van der Waals surface area (Å²) in [5.41, 5.74) is 1.17. The SMILES string of the molecule is O=C(CCn1ccc2ccc(Br)cc21)NC1CC1. The molecule has 1 aliphatic rings. The average molecular weight is 307 g/mol. The molecule has 0 spiro atoms. The Morgan fingerprint density at radius 1 is 1.39 bits per heavy atom. The van der Waals surface area contributed by atoms with Crippen molar-refractivity contribution in [3.05, 3.63) is 34.9 Å². The Morgan fingerprint density at radius 3 is 3.00 bits per heavy atom. The number of nitrogens with zero attached hydrogens (tertiary/aromatic N) is 1. The van der Waals surface area contributed by atoms with Gasteiger partial charge in [0.2, 0.25) is 5.91 Å². The van der Waals surface area contributed by atoms with E-state index < -0.39 is 0 Å². The van der Waals surface area contributed by atoms with Crippen LogP contribution in [0.15, 0.2) is 34.9 Å². The van der Waals surface area contributed by atoms with Crippen LogP contribution in [0.4, 0.5) is 0 Å². The minimum atomic E-state index is 0.161. The number of hydrogen-bond donors (Lipinski definition) is 1. The fraction of sp³-hybridized carbons (Fsp3) is 0.357. The second kappa shape index (κ2) is 4.76. The van der Waals surface area contributed by atoms with Gasteiger partial charge in [-0.25, -0.2) is 0 Å². The summed E-state index contributed by atoms with van der Waals surface area (Å²) in [6.07, 6.45) is 4.88. The third kappa shape index (κ3) is 2.58. The van der Waals surface area contributed by atoms with Gasteiger partial charge in [-0.3, -0.25) is 4.79 Å². The molecule has 1 aromatic heterocycles. The van der Waals surface area contributed by atoms with Crippen molar-refractivity contribution < 1.29 is 4.79 Å². The number of nitrogens with one attached hydrogen (secondary N) is 1. The van der Waals surface area contributed by atoms with Gasteiger partial charge in [-0.05, 0) is 36.4 Å². The van der Waals surface area contributed by atoms with E-state index >= 15 is 0 Å². The standard InChI is InChI=1S/C14H15BrN2O/c15-11-2-1-10-5-7-17(13(10)9-11)8-6-14(18)16-12-3-4-12/h1-2,5,7,9,12H,3-4,6,8H2,(H,16,18). The first-order chi connectivity index (χ1) is 8.72. The molecule has 3 rings (SSSR count). The van der Waals surface area contributed by atoms with Crippen molar-refractivity contribution in [2.75, 3.05) is 0 Å². The lowest BCUT2D eigenvalue weighted by Crippen LogP contribution is -2.26. The quantitative estimate of drug-likeness (QED) is 0.925. The zero-order chi connectivity index (χ0) is 12.5. The monoisotopic (exact) mass is 306 g/mol. The van der Waals surface area contributed by atoms with Gasteiger partial charge in [0, 0.05) is 35.2 Å². The van der Waals surface area contributed by atoms with Gasteiger partial charge in [0.25, 0.3) is 0 Å². The number of carbonyl (C=O) groups excluding carboxylic acids is 1. The average Bonchev–Trinajstić information content (AvgIpc) is 3.06. The van der Waals surface area contributed by atoms with Crippen LogP contribution in [0.5, 0.6) is 0 Å². The molecule has 1 saturated carbocycles. The first-order valence-electron chi connectivity index (χ1n) is 6.26. The fourth-order valence-electron chi connectivity index (χ4n) is 2.10. The molecular weight excluding hydrogens is 292 g/mol. The van der Waals surface area contributed by atoms with E-state index in [1.54, 1.807) is 0 Å². The molecule has 94 valence electrons. The normalized spacial score (nSPS) is 14.9. The van der Waals surface area contributed by atoms with Crippen LogP contribution in [-0.4, -0.2) is 16.5 Å². The van der Waals surface area contributed by atoms with E-state index in [0.29, 0.717) is 12.5 Å². The van der Waals surface area contributed by atoms with E-state index in [1.807, 2.05) is 12.3 Å². The lowest BCUT2D eigenvalue weighted by atomic mass is 10.2. The highest BCUT2D eigenvalue weighted by Crippen LogP contribution is 2.21. The third-order valence-electron chi connectivity index (χ3n) is 3.26. The van der Waals surface area contributed by atoms with Gasteiger partial charge in [0.1, 0.15) is 0 Å². The summed E-state index contributed by atoms with van der Waals surface area (Å²) >= 11 is 3.48. The highest BCUT2D eigenvalue weighted by atomic mass is 79.9. The van der Waals surface area contributed by atoms with E-state index in [0.717, 1.165) is 23.9 Å². The molecule has 0 unspecified atom stereocenters. The van der Waals surface area contributed by atoms with Gasteiger partial charge in [-0.15, -0.1) is 0 Å². The summed E-state index contributed by atoms with van der Waals surface area (Å²) in [5, 5.41) is 4.22. The molecule has 0 aliphatic heterocycles. The van der Waals surface area contributed by atoms with Crippen LogP contribution in [0.2, 0.25) is 0 Å². The molecule has 0 radical (unpaired) electrons. The maximum absolute atomic E-state index is 11.7. The van der Waals surface area contributed by atoms with E-state index in [1.165, 1.54) is 10.9 Å². The van der Waals surface area contributed by atoms with Crippen LogP contribution in [0, 0.1) is 0 Å². The summed E-state index contributed by atoms with van der Waals surface area (Å²) in [6, 6.07) is 8.74. The molecule has 4 heteroatoms. The van der Waals surface area contributed by atoms with Crippen molar-refractivity contribution in [2.24, 2.45) is 0 Å². The molecule has 1 fully saturated rings. The van der Waals surface area contributed by atoms with Crippen molar-refractivity contribution in [3.8, 4) is 0 Å². The fourth-order valence-corrected chi connectivity index (χ4v) is 2.45. The first kappa shape index (κ1) is 11.8. The number of aromatic nitrogens is 1. The highest BCUT2D eigenvalue weighted by Gasteiger charge is 2.22. The van der Waals surface area contributed by atoms with Gasteiger partial charge in [0.15, 0.2) is 0 Å². The predicted octanol–water partition coefficient (Wildman–Crippen LogP) is 3.07. The molecule has 18 heavy (non-hydrogen) atoms. The summed E-state index contributed by atoms with van der Waals surface area (Å²) in [7, 11) is 0. The van der Waals surface area contributed by atoms with Gasteiger partial charge in [-0.2, -0.15) is 0 Å². The Labute approximate surface area is 114 Å². The van der Waals surface area contributed by atoms with E-state index in [-0.39, 0.29) is 5.91 Å². The van der Waals surface area contributed by atoms with Gasteiger partial charge in [0.05, 0.1) is 0 Å². The summed E-state index contributed by atoms with van der Waals surface area (Å²) in [5.74, 6) is 0.161. The molecule has 0 atom stereocenters. The van der Waals surface area contributed by atoms with Gasteiger partial charge >= 0.3 is 0 Å². The Kier molecular flexibility index (Phi) is 3.12. The summed E-state index contributed by atoms with van der Waals surface area (Å²) in [6.45, 7) is 0.735. The van der Waals surface area contributed by atoms with Crippen LogP contribution in [0.3, 0.4) is 0 Å². The zero-order valence-electron chi connectivity index (χ0n) is 10.0. The molecule has 1 aliphatic carbocycles. The van der Waals surface area contributed by atoms with Crippen LogP contribution < -0.4 is 5.32 Å². The van der Waals surface area contributed by atoms with Crippen molar-refractivity contribution in [2.45, 2.75) is 31.8 Å². The lowest BCUT2D eigenvalue weighted by molar-refractivity contribution is -0.121. The minimum absolute atomic E-state index is 0.161. The highest BCUT2D eigenvalue weighted by molar-refractivity contribution is 9.10. The van der Waals surface area contributed by atoms with Crippen LogP contribution in [0.25, 0.3) is 10.9 Å². The lowest BCUT2D eigenvalue weighted by Gasteiger charge is -2.06. The maximum Gasteiger partial charge on any atom is 0.222 e. The first-order valence-corrected chi connectivity index (χ1v) is 7.05. The molecule has 1 aromatic carbocycles. The molecular formula is C14H15BrN2O. The molecule has 0 bridgehead atoms. The summed E-state index contributed by atoms with van der Waals surface area (Å²) < 4.78 is 3.20. The Morgan fingerprint density at radius 2 is 2.22 bits per heavy atom. The predicted molar refractivity (Wildman–Crippen MR) is 75.4 cm³/mol. The largest absolute Gasteiger partial charge is 0.353 e. The molecule has 3 nitrogen and oxygen atoms in total. The van der Waals surface area contributed by atoms with E-state index in [4.69, 9.17) is 0 Å². The van der Waals surface area contributed by atoms with E-state index in [2.05, 4.69) is 44.0 Å². The Bertz CT molecular complexity index is 586. The number of hydrogen-bond acceptors (Lipinski definition) is 1. The van der Waals surface area contributed by atoms with Crippen molar-refractivity contribution in [3.63, 3.8) is 0 Å². The molecule has 2 aromatic rings. The molecule has 0 saturated heterocycles. The van der Waals surface area contributed by atoms with Crippen molar-refractivity contribution in [1.29, 1.82) is 0 Å². The zero-order valence-corrected chi connectivity index (χ0v) is 11.6. The van der Waals surface area contributed by atoms with E-state index in [9.17, 15) is 4.79 Å². The smallest absolute Gasteiger partial charge is 0.222 e. The van der Waals surface area contributed by atoms with Crippen molar-refractivity contribution in [1.82, 2.24) is 9.88 Å². The maximum atomic E-state index is 11.7. The Balaban J connectivity index is 1.69. The number of halogens is 1. The van der Waals surface area contributed by atoms with Crippen LogP contribution >= 0.6 is 15.9 Å². The number of benzene rings is 1. The van der Waals surface area contributed by atoms with Crippen molar-refractivity contribution >= 4 is 32.7 Å². The Hall–Kier alpha value is -1.29. The number of amides is 1.